The van der Waals surface area contributed by atoms with Crippen molar-refractivity contribution in [2.45, 2.75) is 0 Å². The van der Waals surface area contributed by atoms with Crippen LogP contribution in [0.3, 0.4) is 0 Å². The van der Waals surface area contributed by atoms with E-state index in [4.69, 9.17) is 4.74 Å². The zero-order valence-electron chi connectivity index (χ0n) is 9.66. The van der Waals surface area contributed by atoms with Gasteiger partial charge in [0.2, 0.25) is 0 Å². The van der Waals surface area contributed by atoms with E-state index in [-0.39, 0.29) is 11.4 Å². The molecular weight excluding hydrogens is 234 g/mol. The zero-order chi connectivity index (χ0) is 13.1. The van der Waals surface area contributed by atoms with E-state index in [9.17, 15) is 15.2 Å². The van der Waals surface area contributed by atoms with E-state index in [2.05, 4.69) is 0 Å². The molecule has 92 valence electrons. The first-order valence-corrected chi connectivity index (χ1v) is 5.23. The number of benzene rings is 2. The second kappa shape index (κ2) is 4.75. The minimum Gasteiger partial charge on any atom is -0.508 e. The van der Waals surface area contributed by atoms with Gasteiger partial charge < -0.3 is 9.84 Å². The molecule has 18 heavy (non-hydrogen) atoms. The first kappa shape index (κ1) is 11.9. The molecule has 0 saturated heterocycles. The zero-order valence-corrected chi connectivity index (χ0v) is 9.66. The molecule has 0 spiro atoms. The van der Waals surface area contributed by atoms with Crippen molar-refractivity contribution in [2.24, 2.45) is 0 Å². The normalized spacial score (nSPS) is 10.1. The molecule has 0 aliphatic rings. The minimum atomic E-state index is -0.469. The fourth-order valence-corrected chi connectivity index (χ4v) is 1.67. The van der Waals surface area contributed by atoms with Gasteiger partial charge in [-0.3, -0.25) is 10.1 Å². The van der Waals surface area contributed by atoms with E-state index in [1.165, 1.54) is 19.2 Å². The highest BCUT2D eigenvalue weighted by Gasteiger charge is 2.12. The third-order valence-corrected chi connectivity index (χ3v) is 2.57. The highest BCUT2D eigenvalue weighted by molar-refractivity contribution is 5.72. The van der Waals surface area contributed by atoms with Crippen LogP contribution in [0.1, 0.15) is 0 Å². The molecule has 0 radical (unpaired) electrons. The van der Waals surface area contributed by atoms with Gasteiger partial charge in [-0.1, -0.05) is 12.1 Å². The topological polar surface area (TPSA) is 72.6 Å². The molecule has 0 bridgehead atoms. The third-order valence-electron chi connectivity index (χ3n) is 2.57. The first-order valence-electron chi connectivity index (χ1n) is 5.23. The Morgan fingerprint density at radius 3 is 2.39 bits per heavy atom. The number of non-ortho nitro benzene ring substituents is 1. The number of hydrogen-bond donors (Lipinski definition) is 1. The molecule has 0 aliphatic heterocycles. The fraction of sp³-hybridized carbons (Fsp3) is 0.0769. The molecule has 0 aromatic heterocycles. The Labute approximate surface area is 103 Å². The van der Waals surface area contributed by atoms with Crippen LogP contribution in [0.2, 0.25) is 0 Å². The van der Waals surface area contributed by atoms with Crippen molar-refractivity contribution in [2.75, 3.05) is 7.11 Å². The number of hydrogen-bond acceptors (Lipinski definition) is 4. The van der Waals surface area contributed by atoms with Crippen LogP contribution in [0.25, 0.3) is 11.1 Å². The maximum atomic E-state index is 10.7. The Morgan fingerprint density at radius 2 is 1.83 bits per heavy atom. The van der Waals surface area contributed by atoms with Crippen molar-refractivity contribution in [1.29, 1.82) is 0 Å². The molecule has 2 aromatic rings. The largest absolute Gasteiger partial charge is 0.508 e. The van der Waals surface area contributed by atoms with Crippen LogP contribution >= 0.6 is 0 Å². The van der Waals surface area contributed by atoms with Crippen molar-refractivity contribution in [3.05, 3.63) is 52.6 Å². The van der Waals surface area contributed by atoms with Gasteiger partial charge in [-0.05, 0) is 23.8 Å². The molecule has 2 aromatic carbocycles. The Kier molecular flexibility index (Phi) is 3.14. The van der Waals surface area contributed by atoms with Gasteiger partial charge in [0.15, 0.2) is 0 Å². The molecule has 0 heterocycles. The quantitative estimate of drug-likeness (QED) is 0.666. The first-order chi connectivity index (χ1) is 8.61. The van der Waals surface area contributed by atoms with Crippen LogP contribution in [0.15, 0.2) is 42.5 Å². The lowest BCUT2D eigenvalue weighted by molar-refractivity contribution is -0.384. The molecule has 0 unspecified atom stereocenters. The number of nitro groups is 1. The van der Waals surface area contributed by atoms with Crippen LogP contribution < -0.4 is 4.74 Å². The van der Waals surface area contributed by atoms with Crippen molar-refractivity contribution in [3.63, 3.8) is 0 Å². The number of methoxy groups -OCH3 is 1. The summed E-state index contributed by atoms with van der Waals surface area (Å²) in [6.07, 6.45) is 0. The molecule has 0 atom stereocenters. The number of nitrogens with zero attached hydrogens (tertiary/aromatic N) is 1. The molecule has 2 rings (SSSR count). The SMILES string of the molecule is COc1cc([N+](=O)[O-])ccc1-c1ccc(O)cc1. The average Bonchev–Trinajstić information content (AvgIpc) is 2.39. The second-order valence-corrected chi connectivity index (χ2v) is 3.69. The van der Waals surface area contributed by atoms with Crippen LogP contribution in [0.5, 0.6) is 11.5 Å². The summed E-state index contributed by atoms with van der Waals surface area (Å²) in [6.45, 7) is 0. The highest BCUT2D eigenvalue weighted by Crippen LogP contribution is 2.33. The van der Waals surface area contributed by atoms with Crippen LogP contribution in [0, 0.1) is 10.1 Å². The smallest absolute Gasteiger partial charge is 0.273 e. The van der Waals surface area contributed by atoms with Gasteiger partial charge >= 0.3 is 0 Å². The fourth-order valence-electron chi connectivity index (χ4n) is 1.67. The maximum Gasteiger partial charge on any atom is 0.273 e. The molecule has 0 amide bonds. The molecule has 5 heteroatoms. The van der Waals surface area contributed by atoms with E-state index in [1.54, 1.807) is 30.3 Å². The molecule has 0 aliphatic carbocycles. The molecular formula is C13H11NO4. The van der Waals surface area contributed by atoms with E-state index < -0.39 is 4.92 Å². The van der Waals surface area contributed by atoms with Gasteiger partial charge in [-0.15, -0.1) is 0 Å². The predicted molar refractivity (Wildman–Crippen MR) is 66.7 cm³/mol. The van der Waals surface area contributed by atoms with E-state index in [0.717, 1.165) is 11.1 Å². The number of phenols is 1. The highest BCUT2D eigenvalue weighted by atomic mass is 16.6. The molecule has 5 nitrogen and oxygen atoms in total. The summed E-state index contributed by atoms with van der Waals surface area (Å²) in [5.74, 6) is 0.592. The van der Waals surface area contributed by atoms with Gasteiger partial charge in [-0.25, -0.2) is 0 Å². The summed E-state index contributed by atoms with van der Waals surface area (Å²) in [5.41, 5.74) is 1.54. The van der Waals surface area contributed by atoms with Crippen molar-refractivity contribution in [1.82, 2.24) is 0 Å². The van der Waals surface area contributed by atoms with Crippen LogP contribution in [-0.4, -0.2) is 17.1 Å². The lowest BCUT2D eigenvalue weighted by Gasteiger charge is -2.08. The lowest BCUT2D eigenvalue weighted by Crippen LogP contribution is -1.92. The molecule has 1 N–H and O–H groups in total. The number of nitro benzene ring substituents is 1. The maximum absolute atomic E-state index is 10.7. The number of rotatable bonds is 3. The summed E-state index contributed by atoms with van der Waals surface area (Å²) in [5, 5.41) is 19.9. The Hall–Kier alpha value is -2.56. The monoisotopic (exact) mass is 245 g/mol. The minimum absolute atomic E-state index is 0.0191. The predicted octanol–water partition coefficient (Wildman–Crippen LogP) is 2.98. The number of aromatic hydroxyl groups is 1. The average molecular weight is 245 g/mol. The summed E-state index contributed by atoms with van der Waals surface area (Å²) in [6, 6.07) is 11.0. The van der Waals surface area contributed by atoms with E-state index >= 15 is 0 Å². The molecule has 0 saturated carbocycles. The van der Waals surface area contributed by atoms with Crippen LogP contribution in [0.4, 0.5) is 5.69 Å². The summed E-state index contributed by atoms with van der Waals surface area (Å²) in [7, 11) is 1.46. The Bertz CT molecular complexity index is 578. The van der Waals surface area contributed by atoms with Gasteiger partial charge in [0, 0.05) is 11.6 Å². The standard InChI is InChI=1S/C13H11NO4/c1-18-13-8-10(14(16)17)4-7-12(13)9-2-5-11(15)6-3-9/h2-8,15H,1H3. The van der Waals surface area contributed by atoms with Crippen molar-refractivity contribution in [3.8, 4) is 22.6 Å². The van der Waals surface area contributed by atoms with Gasteiger partial charge in [-0.2, -0.15) is 0 Å². The summed E-state index contributed by atoms with van der Waals surface area (Å²) >= 11 is 0. The van der Waals surface area contributed by atoms with Gasteiger partial charge in [0.1, 0.15) is 11.5 Å². The summed E-state index contributed by atoms with van der Waals surface area (Å²) in [4.78, 5) is 10.2. The third kappa shape index (κ3) is 2.24. The molecule has 0 fully saturated rings. The van der Waals surface area contributed by atoms with E-state index in [0.29, 0.717) is 5.75 Å². The lowest BCUT2D eigenvalue weighted by atomic mass is 10.0. The van der Waals surface area contributed by atoms with Gasteiger partial charge in [0.25, 0.3) is 5.69 Å². The number of ether oxygens (including phenoxy) is 1. The van der Waals surface area contributed by atoms with Crippen molar-refractivity contribution < 1.29 is 14.8 Å². The van der Waals surface area contributed by atoms with Gasteiger partial charge in [0.05, 0.1) is 18.1 Å². The van der Waals surface area contributed by atoms with Crippen molar-refractivity contribution >= 4 is 5.69 Å². The Morgan fingerprint density at radius 1 is 1.17 bits per heavy atom. The van der Waals surface area contributed by atoms with Crippen LogP contribution in [-0.2, 0) is 0 Å². The summed E-state index contributed by atoms with van der Waals surface area (Å²) < 4.78 is 5.15. The second-order valence-electron chi connectivity index (χ2n) is 3.69. The number of phenolic OH excluding ortho intramolecular Hbond substituents is 1. The Balaban J connectivity index is 2.50. The van der Waals surface area contributed by atoms with E-state index in [1.807, 2.05) is 0 Å².